The molecule has 120 valence electrons. The molecule has 0 bridgehead atoms. The lowest BCUT2D eigenvalue weighted by Crippen LogP contribution is -2.43. The number of hydrogen-bond donors (Lipinski definition) is 1. The Bertz CT molecular complexity index is 552. The second kappa shape index (κ2) is 9.32. The van der Waals surface area contributed by atoms with Gasteiger partial charge in [-0.3, -0.25) is 9.59 Å². The zero-order valence-electron chi connectivity index (χ0n) is 12.1. The van der Waals surface area contributed by atoms with Gasteiger partial charge >= 0.3 is 11.9 Å². The van der Waals surface area contributed by atoms with Crippen LogP contribution < -0.4 is 5.32 Å². The van der Waals surface area contributed by atoms with Gasteiger partial charge in [-0.15, -0.1) is 11.8 Å². The average molecular weight is 346 g/mol. The minimum Gasteiger partial charge on any atom is -0.469 e. The van der Waals surface area contributed by atoms with Crippen molar-refractivity contribution in [1.82, 2.24) is 5.32 Å². The molecule has 0 aromatic heterocycles. The predicted molar refractivity (Wildman–Crippen MR) is 82.8 cm³/mol. The first-order valence-corrected chi connectivity index (χ1v) is 7.65. The van der Waals surface area contributed by atoms with Gasteiger partial charge in [0, 0.05) is 4.90 Å². The van der Waals surface area contributed by atoms with E-state index < -0.39 is 23.9 Å². The molecule has 0 radical (unpaired) electrons. The van der Waals surface area contributed by atoms with Crippen LogP contribution in [-0.2, 0) is 23.9 Å². The predicted octanol–water partition coefficient (Wildman–Crippen LogP) is 1.65. The fourth-order valence-electron chi connectivity index (χ4n) is 1.53. The number of methoxy groups -OCH3 is 2. The fraction of sp³-hybridized carbons (Fsp3) is 0.357. The number of halogens is 1. The Balaban J connectivity index is 2.57. The highest BCUT2D eigenvalue weighted by Gasteiger charge is 2.25. The van der Waals surface area contributed by atoms with Gasteiger partial charge in [0.1, 0.15) is 6.04 Å². The fourth-order valence-corrected chi connectivity index (χ4v) is 2.58. The molecular weight excluding hydrogens is 330 g/mol. The van der Waals surface area contributed by atoms with Crippen LogP contribution in [0.1, 0.15) is 6.42 Å². The summed E-state index contributed by atoms with van der Waals surface area (Å²) in [5, 5.41) is 2.99. The maximum Gasteiger partial charge on any atom is 0.328 e. The molecule has 0 aliphatic rings. The number of carbonyl (C=O) groups excluding carboxylic acids is 3. The van der Waals surface area contributed by atoms with Crippen molar-refractivity contribution in [2.75, 3.05) is 20.0 Å². The molecule has 1 atom stereocenters. The SMILES string of the molecule is COC(=O)C[C@@H](NC(=O)CSc1ccccc1Cl)C(=O)OC. The zero-order chi connectivity index (χ0) is 16.5. The van der Waals surface area contributed by atoms with Crippen LogP contribution in [0.25, 0.3) is 0 Å². The van der Waals surface area contributed by atoms with E-state index in [4.69, 9.17) is 11.6 Å². The van der Waals surface area contributed by atoms with E-state index in [1.165, 1.54) is 26.0 Å². The molecule has 8 heteroatoms. The summed E-state index contributed by atoms with van der Waals surface area (Å²) in [6, 6.07) is 6.02. The number of hydrogen-bond acceptors (Lipinski definition) is 6. The number of thioether (sulfide) groups is 1. The molecular formula is C14H16ClNO5S. The first-order valence-electron chi connectivity index (χ1n) is 6.29. The van der Waals surface area contributed by atoms with Gasteiger partial charge in [0.05, 0.1) is 31.4 Å². The Kier molecular flexibility index (Phi) is 7.76. The molecule has 1 rings (SSSR count). The molecule has 0 aliphatic carbocycles. The smallest absolute Gasteiger partial charge is 0.328 e. The summed E-state index contributed by atoms with van der Waals surface area (Å²) in [5.74, 6) is -1.68. The van der Waals surface area contributed by atoms with E-state index >= 15 is 0 Å². The number of nitrogens with one attached hydrogen (secondary N) is 1. The summed E-state index contributed by atoms with van der Waals surface area (Å²) < 4.78 is 9.03. The molecule has 0 spiro atoms. The molecule has 0 aliphatic heterocycles. The molecule has 6 nitrogen and oxygen atoms in total. The Labute approximate surface area is 137 Å². The Morgan fingerprint density at radius 1 is 1.23 bits per heavy atom. The number of rotatable bonds is 7. The van der Waals surface area contributed by atoms with Crippen molar-refractivity contribution in [3.05, 3.63) is 29.3 Å². The maximum atomic E-state index is 11.9. The van der Waals surface area contributed by atoms with Gasteiger partial charge in [-0.2, -0.15) is 0 Å². The van der Waals surface area contributed by atoms with E-state index in [1.54, 1.807) is 24.3 Å². The molecule has 0 saturated heterocycles. The van der Waals surface area contributed by atoms with E-state index in [9.17, 15) is 14.4 Å². The maximum absolute atomic E-state index is 11.9. The summed E-state index contributed by atoms with van der Waals surface area (Å²) in [7, 11) is 2.38. The van der Waals surface area contributed by atoms with E-state index in [0.29, 0.717) is 5.02 Å². The van der Waals surface area contributed by atoms with Crippen LogP contribution in [0.15, 0.2) is 29.2 Å². The molecule has 1 amide bonds. The van der Waals surface area contributed by atoms with Crippen molar-refractivity contribution in [3.8, 4) is 0 Å². The van der Waals surface area contributed by atoms with Crippen LogP contribution >= 0.6 is 23.4 Å². The molecule has 1 N–H and O–H groups in total. The number of carbonyl (C=O) groups is 3. The summed E-state index contributed by atoms with van der Waals surface area (Å²) >= 11 is 7.21. The van der Waals surface area contributed by atoms with Gasteiger partial charge in [-0.05, 0) is 12.1 Å². The van der Waals surface area contributed by atoms with Gasteiger partial charge in [0.25, 0.3) is 0 Å². The molecule has 0 heterocycles. The molecule has 0 fully saturated rings. The average Bonchev–Trinajstić information content (AvgIpc) is 2.52. The Morgan fingerprint density at radius 2 is 1.91 bits per heavy atom. The number of benzene rings is 1. The van der Waals surface area contributed by atoms with Crippen molar-refractivity contribution in [3.63, 3.8) is 0 Å². The van der Waals surface area contributed by atoms with Crippen LogP contribution in [0.5, 0.6) is 0 Å². The van der Waals surface area contributed by atoms with Crippen molar-refractivity contribution in [2.45, 2.75) is 17.4 Å². The summed E-state index contributed by atoms with van der Waals surface area (Å²) in [5.41, 5.74) is 0. The third-order valence-electron chi connectivity index (χ3n) is 2.61. The normalized spacial score (nSPS) is 11.4. The lowest BCUT2D eigenvalue weighted by molar-refractivity contribution is -0.150. The van der Waals surface area contributed by atoms with E-state index in [2.05, 4.69) is 14.8 Å². The van der Waals surface area contributed by atoms with Crippen molar-refractivity contribution < 1.29 is 23.9 Å². The summed E-state index contributed by atoms with van der Waals surface area (Å²) in [4.78, 5) is 35.4. The quantitative estimate of drug-likeness (QED) is 0.598. The lowest BCUT2D eigenvalue weighted by Gasteiger charge is -2.15. The highest BCUT2D eigenvalue weighted by Crippen LogP contribution is 2.26. The standard InChI is InChI=1S/C14H16ClNO5S/c1-20-13(18)7-10(14(19)21-2)16-12(17)8-22-11-6-4-3-5-9(11)15/h3-6,10H,7-8H2,1-2H3,(H,16,17)/t10-/m1/s1. The first kappa shape index (κ1) is 18.3. The highest BCUT2D eigenvalue weighted by molar-refractivity contribution is 8.00. The van der Waals surface area contributed by atoms with Crippen LogP contribution in [0.2, 0.25) is 5.02 Å². The summed E-state index contributed by atoms with van der Waals surface area (Å²) in [6.45, 7) is 0. The molecule has 0 unspecified atom stereocenters. The third-order valence-corrected chi connectivity index (χ3v) is 4.13. The van der Waals surface area contributed by atoms with E-state index in [0.717, 1.165) is 4.90 Å². The number of ether oxygens (including phenoxy) is 2. The first-order chi connectivity index (χ1) is 10.5. The third kappa shape index (κ3) is 5.95. The second-order valence-corrected chi connectivity index (χ2v) is 5.57. The van der Waals surface area contributed by atoms with E-state index in [1.807, 2.05) is 0 Å². The van der Waals surface area contributed by atoms with Crippen LogP contribution in [0.4, 0.5) is 0 Å². The van der Waals surface area contributed by atoms with Gasteiger partial charge in [0.2, 0.25) is 5.91 Å². The zero-order valence-corrected chi connectivity index (χ0v) is 13.7. The van der Waals surface area contributed by atoms with E-state index in [-0.39, 0.29) is 12.2 Å². The Morgan fingerprint density at radius 3 is 2.50 bits per heavy atom. The summed E-state index contributed by atoms with van der Waals surface area (Å²) in [6.07, 6.45) is -0.286. The second-order valence-electron chi connectivity index (χ2n) is 4.14. The molecule has 0 saturated carbocycles. The number of esters is 2. The van der Waals surface area contributed by atoms with Gasteiger partial charge in [-0.25, -0.2) is 4.79 Å². The number of amides is 1. The van der Waals surface area contributed by atoms with Crippen LogP contribution in [-0.4, -0.2) is 43.9 Å². The minimum absolute atomic E-state index is 0.0540. The van der Waals surface area contributed by atoms with Gasteiger partial charge in [-0.1, -0.05) is 23.7 Å². The molecule has 1 aromatic carbocycles. The van der Waals surface area contributed by atoms with Crippen molar-refractivity contribution in [1.29, 1.82) is 0 Å². The van der Waals surface area contributed by atoms with Crippen molar-refractivity contribution in [2.24, 2.45) is 0 Å². The molecule has 22 heavy (non-hydrogen) atoms. The van der Waals surface area contributed by atoms with Crippen molar-refractivity contribution >= 4 is 41.2 Å². The minimum atomic E-state index is -1.07. The monoisotopic (exact) mass is 345 g/mol. The highest BCUT2D eigenvalue weighted by atomic mass is 35.5. The largest absolute Gasteiger partial charge is 0.469 e. The van der Waals surface area contributed by atoms with Gasteiger partial charge in [0.15, 0.2) is 0 Å². The van der Waals surface area contributed by atoms with Crippen LogP contribution in [0, 0.1) is 0 Å². The molecule has 1 aromatic rings. The lowest BCUT2D eigenvalue weighted by atomic mass is 10.2. The van der Waals surface area contributed by atoms with Gasteiger partial charge < -0.3 is 14.8 Å². The topological polar surface area (TPSA) is 81.7 Å². The van der Waals surface area contributed by atoms with Crippen LogP contribution in [0.3, 0.4) is 0 Å². The Hall–Kier alpha value is -1.73.